The van der Waals surface area contributed by atoms with Gasteiger partial charge in [0, 0.05) is 19.6 Å². The Labute approximate surface area is 198 Å². The molecule has 0 bridgehead atoms. The number of aryl methyl sites for hydroxylation is 1. The monoisotopic (exact) mass is 469 g/mol. The summed E-state index contributed by atoms with van der Waals surface area (Å²) in [5.41, 5.74) is 1.78. The van der Waals surface area contributed by atoms with Crippen LogP contribution >= 0.6 is 0 Å². The minimum atomic E-state index is -3.54. The van der Waals surface area contributed by atoms with Crippen LogP contribution < -0.4 is 5.32 Å². The standard InChI is InChI=1S/C26H35N3O3S/c1-3-5-17-29-25(30)24(20-22-9-7-6-8-10-22)27-26(29)15-18-28(19-16-26)33(31,32)23-13-11-21(4-2)12-14-23/h6-14,24,27H,3-5,15-20H2,1-2H3. The number of benzene rings is 2. The van der Waals surface area contributed by atoms with E-state index in [1.165, 1.54) is 0 Å². The number of sulfonamides is 1. The molecule has 2 aromatic carbocycles. The third-order valence-electron chi connectivity index (χ3n) is 7.06. The van der Waals surface area contributed by atoms with E-state index in [9.17, 15) is 13.2 Å². The van der Waals surface area contributed by atoms with Gasteiger partial charge in [-0.25, -0.2) is 8.42 Å². The summed E-state index contributed by atoms with van der Waals surface area (Å²) in [6.07, 6.45) is 4.68. The first-order valence-electron chi connectivity index (χ1n) is 12.1. The maximum absolute atomic E-state index is 13.4. The van der Waals surface area contributed by atoms with Gasteiger partial charge in [0.15, 0.2) is 0 Å². The van der Waals surface area contributed by atoms with Gasteiger partial charge in [-0.05, 0) is 55.4 Å². The Morgan fingerprint density at radius 3 is 2.24 bits per heavy atom. The fraction of sp³-hybridized carbons (Fsp3) is 0.500. The van der Waals surface area contributed by atoms with Crippen LogP contribution in [0.1, 0.15) is 50.7 Å². The van der Waals surface area contributed by atoms with Crippen molar-refractivity contribution < 1.29 is 13.2 Å². The van der Waals surface area contributed by atoms with Crippen LogP contribution in [0.3, 0.4) is 0 Å². The van der Waals surface area contributed by atoms with Crippen molar-refractivity contribution in [2.75, 3.05) is 19.6 Å². The van der Waals surface area contributed by atoms with Gasteiger partial charge in [0.25, 0.3) is 0 Å². The van der Waals surface area contributed by atoms with Crippen molar-refractivity contribution in [2.45, 2.75) is 69.0 Å². The maximum atomic E-state index is 13.4. The molecule has 1 unspecified atom stereocenters. The second-order valence-electron chi connectivity index (χ2n) is 9.16. The molecule has 2 aliphatic rings. The molecule has 2 heterocycles. The van der Waals surface area contributed by atoms with E-state index in [-0.39, 0.29) is 11.9 Å². The summed E-state index contributed by atoms with van der Waals surface area (Å²) in [6, 6.07) is 17.0. The highest BCUT2D eigenvalue weighted by Gasteiger charge is 2.52. The molecule has 0 radical (unpaired) electrons. The molecule has 2 aromatic rings. The van der Waals surface area contributed by atoms with Gasteiger partial charge in [-0.15, -0.1) is 0 Å². The largest absolute Gasteiger partial charge is 0.323 e. The summed E-state index contributed by atoms with van der Waals surface area (Å²) in [4.78, 5) is 15.7. The number of nitrogens with one attached hydrogen (secondary N) is 1. The Balaban J connectivity index is 1.50. The lowest BCUT2D eigenvalue weighted by Crippen LogP contribution is -2.59. The summed E-state index contributed by atoms with van der Waals surface area (Å²) < 4.78 is 28.1. The van der Waals surface area contributed by atoms with Crippen molar-refractivity contribution in [2.24, 2.45) is 0 Å². The number of carbonyl (C=O) groups is 1. The zero-order chi connectivity index (χ0) is 23.5. The van der Waals surface area contributed by atoms with Gasteiger partial charge >= 0.3 is 0 Å². The predicted molar refractivity (Wildman–Crippen MR) is 130 cm³/mol. The van der Waals surface area contributed by atoms with Crippen molar-refractivity contribution >= 4 is 15.9 Å². The van der Waals surface area contributed by atoms with Gasteiger partial charge in [0.1, 0.15) is 0 Å². The average Bonchev–Trinajstić information content (AvgIpc) is 3.08. The number of nitrogens with zero attached hydrogens (tertiary/aromatic N) is 2. The second kappa shape index (κ2) is 9.95. The van der Waals surface area contributed by atoms with Crippen molar-refractivity contribution in [3.05, 3.63) is 65.7 Å². The first-order valence-corrected chi connectivity index (χ1v) is 13.6. The molecular weight excluding hydrogens is 434 g/mol. The maximum Gasteiger partial charge on any atom is 0.243 e. The average molecular weight is 470 g/mol. The first kappa shape index (κ1) is 23.9. The van der Waals surface area contributed by atoms with Crippen molar-refractivity contribution in [1.29, 1.82) is 0 Å². The fourth-order valence-electron chi connectivity index (χ4n) is 5.05. The van der Waals surface area contributed by atoms with E-state index in [1.807, 2.05) is 35.2 Å². The predicted octanol–water partition coefficient (Wildman–Crippen LogP) is 3.57. The third-order valence-corrected chi connectivity index (χ3v) is 8.97. The van der Waals surface area contributed by atoms with Gasteiger partial charge in [-0.2, -0.15) is 4.31 Å². The molecule has 1 spiro atoms. The summed E-state index contributed by atoms with van der Waals surface area (Å²) in [6.45, 7) is 5.69. The fourth-order valence-corrected chi connectivity index (χ4v) is 6.49. The van der Waals surface area contributed by atoms with E-state index in [4.69, 9.17) is 0 Å². The number of piperidine rings is 1. The van der Waals surface area contributed by atoms with Gasteiger partial charge in [0.2, 0.25) is 15.9 Å². The van der Waals surface area contributed by atoms with E-state index < -0.39 is 15.7 Å². The van der Waals surface area contributed by atoms with Crippen molar-refractivity contribution in [3.63, 3.8) is 0 Å². The van der Waals surface area contributed by atoms with Gasteiger partial charge in [0.05, 0.1) is 16.6 Å². The summed E-state index contributed by atoms with van der Waals surface area (Å²) >= 11 is 0. The highest BCUT2D eigenvalue weighted by Crippen LogP contribution is 2.35. The van der Waals surface area contributed by atoms with Crippen molar-refractivity contribution in [3.8, 4) is 0 Å². The normalized spacial score (nSPS) is 21.1. The van der Waals surface area contributed by atoms with Gasteiger partial charge in [-0.3, -0.25) is 10.1 Å². The van der Waals surface area contributed by atoms with Crippen LogP contribution in [-0.4, -0.2) is 54.9 Å². The minimum Gasteiger partial charge on any atom is -0.323 e. The molecule has 1 atom stereocenters. The van der Waals surface area contributed by atoms with Gasteiger partial charge in [-0.1, -0.05) is 62.7 Å². The molecule has 7 heteroatoms. The topological polar surface area (TPSA) is 69.7 Å². The Hall–Kier alpha value is -2.22. The van der Waals surface area contributed by atoms with E-state index in [0.29, 0.717) is 43.8 Å². The molecule has 1 amide bonds. The van der Waals surface area contributed by atoms with Crippen LogP contribution in [0.25, 0.3) is 0 Å². The van der Waals surface area contributed by atoms with Crippen LogP contribution in [0.5, 0.6) is 0 Å². The minimum absolute atomic E-state index is 0.138. The van der Waals surface area contributed by atoms with Crippen LogP contribution in [0.2, 0.25) is 0 Å². The van der Waals surface area contributed by atoms with E-state index in [2.05, 4.69) is 31.3 Å². The highest BCUT2D eigenvalue weighted by atomic mass is 32.2. The van der Waals surface area contributed by atoms with E-state index in [0.717, 1.165) is 30.4 Å². The number of rotatable bonds is 8. The summed E-state index contributed by atoms with van der Waals surface area (Å²) in [7, 11) is -3.54. The Morgan fingerprint density at radius 2 is 1.64 bits per heavy atom. The first-order chi connectivity index (χ1) is 15.9. The molecule has 2 aliphatic heterocycles. The molecule has 4 rings (SSSR count). The molecular formula is C26H35N3O3S. The van der Waals surface area contributed by atoms with Crippen LogP contribution in [0, 0.1) is 0 Å². The second-order valence-corrected chi connectivity index (χ2v) is 11.1. The highest BCUT2D eigenvalue weighted by molar-refractivity contribution is 7.89. The number of hydrogen-bond acceptors (Lipinski definition) is 4. The molecule has 33 heavy (non-hydrogen) atoms. The summed E-state index contributed by atoms with van der Waals surface area (Å²) in [5, 5.41) is 3.65. The molecule has 0 aromatic heterocycles. The lowest BCUT2D eigenvalue weighted by Gasteiger charge is -2.44. The number of amides is 1. The van der Waals surface area contributed by atoms with E-state index >= 15 is 0 Å². The lowest BCUT2D eigenvalue weighted by atomic mass is 9.97. The lowest BCUT2D eigenvalue weighted by molar-refractivity contribution is -0.133. The number of carbonyl (C=O) groups excluding carboxylic acids is 1. The Kier molecular flexibility index (Phi) is 7.22. The number of unbranched alkanes of at least 4 members (excludes halogenated alkanes) is 1. The zero-order valence-electron chi connectivity index (χ0n) is 19.7. The molecule has 6 nitrogen and oxygen atoms in total. The summed E-state index contributed by atoms with van der Waals surface area (Å²) in [5.74, 6) is 0.138. The SMILES string of the molecule is CCCCN1C(=O)C(Cc2ccccc2)NC12CCN(S(=O)(=O)c1ccc(CC)cc1)CC2. The Bertz CT molecular complexity index is 1050. The molecule has 0 aliphatic carbocycles. The van der Waals surface area contributed by atoms with Crippen LogP contribution in [0.15, 0.2) is 59.5 Å². The third kappa shape index (κ3) is 4.86. The van der Waals surface area contributed by atoms with Crippen molar-refractivity contribution in [1.82, 2.24) is 14.5 Å². The molecule has 2 fully saturated rings. The molecule has 1 N–H and O–H groups in total. The smallest absolute Gasteiger partial charge is 0.243 e. The molecule has 2 saturated heterocycles. The van der Waals surface area contributed by atoms with Crippen LogP contribution in [0.4, 0.5) is 0 Å². The Morgan fingerprint density at radius 1 is 0.970 bits per heavy atom. The van der Waals surface area contributed by atoms with Gasteiger partial charge < -0.3 is 4.90 Å². The quantitative estimate of drug-likeness (QED) is 0.642. The molecule has 0 saturated carbocycles. The van der Waals surface area contributed by atoms with E-state index in [1.54, 1.807) is 16.4 Å². The molecule has 178 valence electrons. The zero-order valence-corrected chi connectivity index (χ0v) is 20.5. The van der Waals surface area contributed by atoms with Crippen LogP contribution in [-0.2, 0) is 27.7 Å². The number of hydrogen-bond donors (Lipinski definition) is 1.